The molecule has 1 fully saturated rings. The van der Waals surface area contributed by atoms with Gasteiger partial charge in [0.05, 0.1) is 0 Å². The van der Waals surface area contributed by atoms with Crippen molar-refractivity contribution in [3.05, 3.63) is 29.3 Å². The maximum Gasteiger partial charge on any atom is 0.410 e. The highest BCUT2D eigenvalue weighted by molar-refractivity contribution is 5.79. The standard InChI is InChI=1S/C16H23N3O3/c1-12-4-5-14(13(2)10-12)18-6-8-19(9-7-18)16(21)22-11-15(20)17-3/h4-5,10H,6-9,11H2,1-3H3,(H,17,20). The minimum absolute atomic E-state index is 0.230. The Hall–Kier alpha value is -2.24. The third kappa shape index (κ3) is 3.90. The van der Waals surface area contributed by atoms with E-state index in [4.69, 9.17) is 4.74 Å². The highest BCUT2D eigenvalue weighted by Gasteiger charge is 2.23. The molecule has 2 amide bonds. The number of hydrogen-bond acceptors (Lipinski definition) is 4. The molecule has 120 valence electrons. The van der Waals surface area contributed by atoms with E-state index in [1.807, 2.05) is 0 Å². The Balaban J connectivity index is 1.87. The summed E-state index contributed by atoms with van der Waals surface area (Å²) in [6.07, 6.45) is -0.427. The summed E-state index contributed by atoms with van der Waals surface area (Å²) in [5.74, 6) is -0.303. The third-order valence-corrected chi connectivity index (χ3v) is 3.84. The molecule has 0 spiro atoms. The molecule has 1 aromatic carbocycles. The quantitative estimate of drug-likeness (QED) is 0.914. The Morgan fingerprint density at radius 2 is 1.86 bits per heavy atom. The number of ether oxygens (including phenoxy) is 1. The van der Waals surface area contributed by atoms with Gasteiger partial charge in [0.25, 0.3) is 5.91 Å². The molecule has 1 aliphatic heterocycles. The number of carbonyl (C=O) groups excluding carboxylic acids is 2. The second-order valence-corrected chi connectivity index (χ2v) is 5.49. The summed E-state index contributed by atoms with van der Waals surface area (Å²) in [6, 6.07) is 6.40. The van der Waals surface area contributed by atoms with Crippen LogP contribution in [0, 0.1) is 13.8 Å². The first-order valence-corrected chi connectivity index (χ1v) is 7.45. The lowest BCUT2D eigenvalue weighted by Crippen LogP contribution is -2.49. The van der Waals surface area contributed by atoms with Gasteiger partial charge >= 0.3 is 6.09 Å². The summed E-state index contributed by atoms with van der Waals surface area (Å²) in [4.78, 5) is 26.9. The van der Waals surface area contributed by atoms with Crippen molar-refractivity contribution >= 4 is 17.7 Å². The van der Waals surface area contributed by atoms with Crippen LogP contribution in [0.4, 0.5) is 10.5 Å². The second kappa shape index (κ2) is 7.15. The number of amides is 2. The Kier molecular flexibility index (Phi) is 5.25. The van der Waals surface area contributed by atoms with Crippen molar-refractivity contribution in [2.45, 2.75) is 13.8 Å². The number of piperazine rings is 1. The van der Waals surface area contributed by atoms with Crippen LogP contribution in [0.25, 0.3) is 0 Å². The summed E-state index contributed by atoms with van der Waals surface area (Å²) >= 11 is 0. The fraction of sp³-hybridized carbons (Fsp3) is 0.500. The van der Waals surface area contributed by atoms with Crippen LogP contribution in [-0.4, -0.2) is 56.7 Å². The highest BCUT2D eigenvalue weighted by Crippen LogP contribution is 2.22. The molecule has 1 heterocycles. The van der Waals surface area contributed by atoms with Crippen LogP contribution >= 0.6 is 0 Å². The van der Waals surface area contributed by atoms with Crippen LogP contribution in [-0.2, 0) is 9.53 Å². The average Bonchev–Trinajstić information content (AvgIpc) is 2.52. The molecule has 6 heteroatoms. The number of rotatable bonds is 3. The zero-order valence-electron chi connectivity index (χ0n) is 13.4. The van der Waals surface area contributed by atoms with E-state index in [9.17, 15) is 9.59 Å². The molecular formula is C16H23N3O3. The molecule has 0 aromatic heterocycles. The van der Waals surface area contributed by atoms with Gasteiger partial charge in [-0.15, -0.1) is 0 Å². The second-order valence-electron chi connectivity index (χ2n) is 5.49. The van der Waals surface area contributed by atoms with Gasteiger partial charge in [-0.25, -0.2) is 4.79 Å². The van der Waals surface area contributed by atoms with Gasteiger partial charge < -0.3 is 19.9 Å². The van der Waals surface area contributed by atoms with Crippen LogP contribution in [0.15, 0.2) is 18.2 Å². The summed E-state index contributed by atoms with van der Waals surface area (Å²) in [6.45, 7) is 6.67. The SMILES string of the molecule is CNC(=O)COC(=O)N1CCN(c2ccc(C)cc2C)CC1. The molecule has 1 aliphatic rings. The lowest BCUT2D eigenvalue weighted by atomic mass is 10.1. The maximum atomic E-state index is 11.9. The molecule has 0 saturated carbocycles. The van der Waals surface area contributed by atoms with E-state index in [0.717, 1.165) is 13.1 Å². The number of nitrogens with zero attached hydrogens (tertiary/aromatic N) is 2. The van der Waals surface area contributed by atoms with E-state index in [1.165, 1.54) is 23.9 Å². The van der Waals surface area contributed by atoms with Crippen LogP contribution in [0.5, 0.6) is 0 Å². The van der Waals surface area contributed by atoms with Gasteiger partial charge in [-0.1, -0.05) is 17.7 Å². The van der Waals surface area contributed by atoms with Crippen molar-refractivity contribution in [3.8, 4) is 0 Å². The lowest BCUT2D eigenvalue weighted by Gasteiger charge is -2.36. The smallest absolute Gasteiger partial charge is 0.410 e. The molecule has 0 aliphatic carbocycles. The van der Waals surface area contributed by atoms with Crippen LogP contribution < -0.4 is 10.2 Å². The average molecular weight is 305 g/mol. The molecule has 1 N–H and O–H groups in total. The van der Waals surface area contributed by atoms with Crippen molar-refractivity contribution in [1.29, 1.82) is 0 Å². The number of anilines is 1. The normalized spacial score (nSPS) is 14.7. The first-order valence-electron chi connectivity index (χ1n) is 7.45. The number of likely N-dealkylation sites (N-methyl/N-ethyl adjacent to an activating group) is 1. The topological polar surface area (TPSA) is 61.9 Å². The Bertz CT molecular complexity index is 552. The van der Waals surface area contributed by atoms with Crippen LogP contribution in [0.1, 0.15) is 11.1 Å². The van der Waals surface area contributed by atoms with Gasteiger partial charge in [0.2, 0.25) is 0 Å². The van der Waals surface area contributed by atoms with Crippen LogP contribution in [0.2, 0.25) is 0 Å². The summed E-state index contributed by atoms with van der Waals surface area (Å²) in [5.41, 5.74) is 3.71. The van der Waals surface area contributed by atoms with Crippen molar-refractivity contribution in [1.82, 2.24) is 10.2 Å². The zero-order chi connectivity index (χ0) is 16.1. The molecule has 0 unspecified atom stereocenters. The number of carbonyl (C=O) groups is 2. The largest absolute Gasteiger partial charge is 0.439 e. The van der Waals surface area contributed by atoms with Crippen molar-refractivity contribution in [3.63, 3.8) is 0 Å². The third-order valence-electron chi connectivity index (χ3n) is 3.84. The summed E-state index contributed by atoms with van der Waals surface area (Å²) in [5, 5.41) is 2.42. The monoisotopic (exact) mass is 305 g/mol. The van der Waals surface area contributed by atoms with E-state index in [2.05, 4.69) is 42.3 Å². The molecule has 0 atom stereocenters. The van der Waals surface area contributed by atoms with Crippen molar-refractivity contribution < 1.29 is 14.3 Å². The molecule has 1 aromatic rings. The highest BCUT2D eigenvalue weighted by atomic mass is 16.6. The van der Waals surface area contributed by atoms with Crippen molar-refractivity contribution in [2.24, 2.45) is 0 Å². The lowest BCUT2D eigenvalue weighted by molar-refractivity contribution is -0.123. The van der Waals surface area contributed by atoms with Gasteiger partial charge in [0, 0.05) is 38.9 Å². The molecule has 6 nitrogen and oxygen atoms in total. The van der Waals surface area contributed by atoms with Gasteiger partial charge in [0.1, 0.15) is 0 Å². The van der Waals surface area contributed by atoms with Gasteiger partial charge in [-0.3, -0.25) is 4.79 Å². The predicted octanol–water partition coefficient (Wildman–Crippen LogP) is 1.31. The number of hydrogen-bond donors (Lipinski definition) is 1. The minimum Gasteiger partial charge on any atom is -0.439 e. The maximum absolute atomic E-state index is 11.9. The van der Waals surface area contributed by atoms with E-state index in [1.54, 1.807) is 4.90 Å². The first kappa shape index (κ1) is 16.1. The number of aryl methyl sites for hydroxylation is 2. The molecule has 2 rings (SSSR count). The predicted molar refractivity (Wildman–Crippen MR) is 85.1 cm³/mol. The van der Waals surface area contributed by atoms with Crippen molar-refractivity contribution in [2.75, 3.05) is 44.7 Å². The van der Waals surface area contributed by atoms with Gasteiger partial charge in [-0.2, -0.15) is 0 Å². The summed E-state index contributed by atoms with van der Waals surface area (Å²) < 4.78 is 4.97. The van der Waals surface area contributed by atoms with E-state index < -0.39 is 6.09 Å². The van der Waals surface area contributed by atoms with Crippen LogP contribution in [0.3, 0.4) is 0 Å². The summed E-state index contributed by atoms with van der Waals surface area (Å²) in [7, 11) is 1.51. The van der Waals surface area contributed by atoms with Gasteiger partial charge in [-0.05, 0) is 25.5 Å². The zero-order valence-corrected chi connectivity index (χ0v) is 13.4. The molecular weight excluding hydrogens is 282 g/mol. The Morgan fingerprint density at radius 3 is 2.45 bits per heavy atom. The molecule has 0 radical (unpaired) electrons. The van der Waals surface area contributed by atoms with E-state index in [-0.39, 0.29) is 12.5 Å². The Morgan fingerprint density at radius 1 is 1.18 bits per heavy atom. The number of nitrogens with one attached hydrogen (secondary N) is 1. The van der Waals surface area contributed by atoms with Gasteiger partial charge in [0.15, 0.2) is 6.61 Å². The first-order chi connectivity index (χ1) is 10.5. The van der Waals surface area contributed by atoms with E-state index in [0.29, 0.717) is 13.1 Å². The minimum atomic E-state index is -0.427. The fourth-order valence-electron chi connectivity index (χ4n) is 2.58. The molecule has 0 bridgehead atoms. The number of benzene rings is 1. The molecule has 1 saturated heterocycles. The molecule has 22 heavy (non-hydrogen) atoms. The van der Waals surface area contributed by atoms with E-state index >= 15 is 0 Å². The Labute approximate surface area is 131 Å². The fourth-order valence-corrected chi connectivity index (χ4v) is 2.58.